The Kier molecular flexibility index (Phi) is 2.26. The molecule has 3 heterocycles. The molecule has 0 spiro atoms. The number of rotatable bonds is 2. The Hall–Kier alpha value is -2.44. The Bertz CT molecular complexity index is 709. The van der Waals surface area contributed by atoms with Crippen molar-refractivity contribution in [3.63, 3.8) is 0 Å². The molecule has 0 amide bonds. The van der Waals surface area contributed by atoms with Gasteiger partial charge < -0.3 is 5.32 Å². The maximum absolute atomic E-state index is 4.45. The number of nitrogens with zero attached hydrogens (tertiary/aromatic N) is 5. The van der Waals surface area contributed by atoms with E-state index in [0.29, 0.717) is 11.6 Å². The summed E-state index contributed by atoms with van der Waals surface area (Å²) in [5.41, 5.74) is 2.67. The molecule has 0 fully saturated rings. The third-order valence-electron chi connectivity index (χ3n) is 2.72. The second-order valence-electron chi connectivity index (χ2n) is 4.09. The van der Waals surface area contributed by atoms with E-state index in [9.17, 15) is 0 Å². The lowest BCUT2D eigenvalue weighted by Crippen LogP contribution is -2.06. The summed E-state index contributed by atoms with van der Waals surface area (Å²) in [7, 11) is 1.78. The van der Waals surface area contributed by atoms with Crippen molar-refractivity contribution in [1.29, 1.82) is 0 Å². The Labute approximate surface area is 103 Å². The average Bonchev–Trinajstić information content (AvgIpc) is 2.94. The lowest BCUT2D eigenvalue weighted by atomic mass is 10.3. The van der Waals surface area contributed by atoms with E-state index in [2.05, 4.69) is 30.6 Å². The summed E-state index contributed by atoms with van der Waals surface area (Å²) in [5.74, 6) is 1.26. The van der Waals surface area contributed by atoms with Crippen molar-refractivity contribution in [3.8, 4) is 5.82 Å². The summed E-state index contributed by atoms with van der Waals surface area (Å²) in [5, 5.41) is 15.1. The molecule has 0 bridgehead atoms. The highest BCUT2D eigenvalue weighted by atomic mass is 15.3. The zero-order valence-corrected chi connectivity index (χ0v) is 10.4. The molecular weight excluding hydrogens is 230 g/mol. The highest BCUT2D eigenvalue weighted by Crippen LogP contribution is 2.20. The van der Waals surface area contributed by atoms with E-state index in [1.807, 2.05) is 19.9 Å². The van der Waals surface area contributed by atoms with E-state index in [1.165, 1.54) is 0 Å². The molecule has 0 aromatic carbocycles. The molecule has 3 aromatic rings. The summed E-state index contributed by atoms with van der Waals surface area (Å²) in [6, 6.07) is 2.01. The number of hydrogen-bond donors (Lipinski definition) is 2. The molecule has 92 valence electrons. The van der Waals surface area contributed by atoms with Gasteiger partial charge in [-0.15, -0.1) is 0 Å². The smallest absolute Gasteiger partial charge is 0.226 e. The van der Waals surface area contributed by atoms with Crippen molar-refractivity contribution in [2.45, 2.75) is 13.8 Å². The fourth-order valence-electron chi connectivity index (χ4n) is 1.94. The predicted octanol–water partition coefficient (Wildman–Crippen LogP) is 1.20. The number of H-pyrrole nitrogens is 1. The van der Waals surface area contributed by atoms with Crippen molar-refractivity contribution in [2.24, 2.45) is 0 Å². The Morgan fingerprint density at radius 3 is 2.78 bits per heavy atom. The van der Waals surface area contributed by atoms with Crippen LogP contribution in [0.15, 0.2) is 12.3 Å². The van der Waals surface area contributed by atoms with E-state index >= 15 is 0 Å². The summed E-state index contributed by atoms with van der Waals surface area (Å²) >= 11 is 0. The van der Waals surface area contributed by atoms with E-state index < -0.39 is 0 Å². The van der Waals surface area contributed by atoms with Crippen LogP contribution in [0.3, 0.4) is 0 Å². The van der Waals surface area contributed by atoms with Gasteiger partial charge in [-0.25, -0.2) is 4.68 Å². The van der Waals surface area contributed by atoms with Gasteiger partial charge in [-0.3, -0.25) is 5.10 Å². The fraction of sp³-hybridized carbons (Fsp3) is 0.273. The normalized spacial score (nSPS) is 11.1. The molecule has 2 N–H and O–H groups in total. The van der Waals surface area contributed by atoms with Crippen LogP contribution in [0.1, 0.15) is 11.4 Å². The van der Waals surface area contributed by atoms with Crippen LogP contribution in [0.5, 0.6) is 0 Å². The van der Waals surface area contributed by atoms with Crippen LogP contribution in [0.2, 0.25) is 0 Å². The summed E-state index contributed by atoms with van der Waals surface area (Å²) in [6.07, 6.45) is 1.71. The van der Waals surface area contributed by atoms with Gasteiger partial charge in [0.25, 0.3) is 0 Å². The number of nitrogens with one attached hydrogen (secondary N) is 2. The van der Waals surface area contributed by atoms with Gasteiger partial charge in [0.15, 0.2) is 11.5 Å². The Balaban J connectivity index is 2.33. The average molecular weight is 243 g/mol. The van der Waals surface area contributed by atoms with Gasteiger partial charge in [0.2, 0.25) is 5.95 Å². The lowest BCUT2D eigenvalue weighted by molar-refractivity contribution is 0.811. The highest BCUT2D eigenvalue weighted by Gasteiger charge is 2.13. The Morgan fingerprint density at radius 2 is 2.11 bits per heavy atom. The van der Waals surface area contributed by atoms with Crippen LogP contribution in [0, 0.1) is 13.8 Å². The number of hydrogen-bond acceptors (Lipinski definition) is 5. The first-order valence-corrected chi connectivity index (χ1v) is 5.61. The van der Waals surface area contributed by atoms with Crippen LogP contribution in [-0.2, 0) is 0 Å². The first-order valence-electron chi connectivity index (χ1n) is 5.61. The van der Waals surface area contributed by atoms with Crippen molar-refractivity contribution < 1.29 is 0 Å². The third kappa shape index (κ3) is 1.52. The van der Waals surface area contributed by atoms with Crippen LogP contribution in [0.4, 0.5) is 5.95 Å². The molecule has 7 nitrogen and oxygen atoms in total. The van der Waals surface area contributed by atoms with Crippen molar-refractivity contribution >= 4 is 17.0 Å². The molecule has 0 saturated heterocycles. The van der Waals surface area contributed by atoms with E-state index in [4.69, 9.17) is 0 Å². The number of anilines is 1. The molecule has 0 atom stereocenters. The molecule has 3 rings (SSSR count). The molecule has 7 heteroatoms. The quantitative estimate of drug-likeness (QED) is 0.706. The van der Waals surface area contributed by atoms with Gasteiger partial charge in [0, 0.05) is 12.7 Å². The monoisotopic (exact) mass is 243 g/mol. The molecule has 0 aliphatic rings. The van der Waals surface area contributed by atoms with Crippen molar-refractivity contribution in [3.05, 3.63) is 23.7 Å². The number of aromatic nitrogens is 6. The van der Waals surface area contributed by atoms with Crippen molar-refractivity contribution in [2.75, 3.05) is 12.4 Å². The summed E-state index contributed by atoms with van der Waals surface area (Å²) in [4.78, 5) is 8.75. The SMILES string of the molecule is CNc1nc(-n2nc(C)cc2C)c2cn[nH]c2n1. The molecule has 0 radical (unpaired) electrons. The number of aryl methyl sites for hydroxylation is 2. The minimum atomic E-state index is 0.536. The van der Waals surface area contributed by atoms with Crippen LogP contribution in [0.25, 0.3) is 16.9 Å². The van der Waals surface area contributed by atoms with Crippen LogP contribution < -0.4 is 5.32 Å². The highest BCUT2D eigenvalue weighted by molar-refractivity contribution is 5.82. The van der Waals surface area contributed by atoms with E-state index in [1.54, 1.807) is 17.9 Å². The molecule has 0 saturated carbocycles. The van der Waals surface area contributed by atoms with E-state index in [0.717, 1.165) is 22.6 Å². The van der Waals surface area contributed by atoms with Crippen molar-refractivity contribution in [1.82, 2.24) is 29.9 Å². The predicted molar refractivity (Wildman–Crippen MR) is 67.8 cm³/mol. The first kappa shape index (κ1) is 10.7. The van der Waals surface area contributed by atoms with E-state index in [-0.39, 0.29) is 0 Å². The van der Waals surface area contributed by atoms with Gasteiger partial charge in [0.05, 0.1) is 17.3 Å². The number of aromatic amines is 1. The first-order chi connectivity index (χ1) is 8.69. The zero-order chi connectivity index (χ0) is 12.7. The summed E-state index contributed by atoms with van der Waals surface area (Å²) < 4.78 is 1.80. The van der Waals surface area contributed by atoms with Gasteiger partial charge >= 0.3 is 0 Å². The molecule has 0 unspecified atom stereocenters. The molecule has 18 heavy (non-hydrogen) atoms. The molecule has 0 aliphatic carbocycles. The molecule has 3 aromatic heterocycles. The van der Waals surface area contributed by atoms with Gasteiger partial charge in [-0.05, 0) is 19.9 Å². The standard InChI is InChI=1S/C11H13N7/c1-6-4-7(2)18(17-6)10-8-5-13-16-9(8)14-11(12-3)15-10/h4-5H,1-3H3,(H2,12,13,14,15,16). The fourth-order valence-corrected chi connectivity index (χ4v) is 1.94. The summed E-state index contributed by atoms with van der Waals surface area (Å²) in [6.45, 7) is 3.95. The second-order valence-corrected chi connectivity index (χ2v) is 4.09. The molecular formula is C11H13N7. The minimum absolute atomic E-state index is 0.536. The van der Waals surface area contributed by atoms with Crippen LogP contribution in [-0.4, -0.2) is 37.0 Å². The lowest BCUT2D eigenvalue weighted by Gasteiger charge is -2.06. The third-order valence-corrected chi connectivity index (χ3v) is 2.72. The van der Waals surface area contributed by atoms with Crippen LogP contribution >= 0.6 is 0 Å². The largest absolute Gasteiger partial charge is 0.357 e. The minimum Gasteiger partial charge on any atom is -0.357 e. The van der Waals surface area contributed by atoms with Gasteiger partial charge in [-0.1, -0.05) is 0 Å². The van der Waals surface area contributed by atoms with Gasteiger partial charge in [0.1, 0.15) is 0 Å². The zero-order valence-electron chi connectivity index (χ0n) is 10.4. The van der Waals surface area contributed by atoms with Gasteiger partial charge in [-0.2, -0.15) is 20.2 Å². The Morgan fingerprint density at radius 1 is 1.28 bits per heavy atom. The number of fused-ring (bicyclic) bond motifs is 1. The maximum atomic E-state index is 4.45. The maximum Gasteiger partial charge on any atom is 0.226 e. The topological polar surface area (TPSA) is 84.3 Å². The molecule has 0 aliphatic heterocycles. The second kappa shape index (κ2) is 3.80.